The smallest absolute Gasteiger partial charge is 0.252 e. The fraction of sp³-hybridized carbons (Fsp3) is 0.545. The summed E-state index contributed by atoms with van der Waals surface area (Å²) in [4.78, 5) is 21.0. The Morgan fingerprint density at radius 3 is 3.11 bits per heavy atom. The summed E-state index contributed by atoms with van der Waals surface area (Å²) in [6.45, 7) is 7.23. The van der Waals surface area contributed by atoms with E-state index >= 15 is 0 Å². The Bertz CT molecular complexity index is 797. The second-order valence-electron chi connectivity index (χ2n) is 7.82. The number of nitrogens with zero attached hydrogens (tertiary/aromatic N) is 2. The molecule has 1 saturated heterocycles. The van der Waals surface area contributed by atoms with Crippen molar-refractivity contribution in [2.45, 2.75) is 45.7 Å². The Kier molecular flexibility index (Phi) is 6.40. The van der Waals surface area contributed by atoms with Crippen LogP contribution in [0, 0.1) is 5.92 Å². The van der Waals surface area contributed by atoms with Crippen LogP contribution >= 0.6 is 11.3 Å². The third-order valence-corrected chi connectivity index (χ3v) is 6.77. The maximum atomic E-state index is 12.7. The molecule has 0 unspecified atom stereocenters. The predicted octanol–water partition coefficient (Wildman–Crippen LogP) is 3.42. The van der Waals surface area contributed by atoms with Crippen LogP contribution in [0.25, 0.3) is 0 Å². The van der Waals surface area contributed by atoms with Crippen molar-refractivity contribution in [2.24, 2.45) is 5.92 Å². The number of hydrogen-bond acceptors (Lipinski definition) is 5. The standard InChI is InChI=1S/C22H29N3O2S/c1-2-16-5-6-18(23-10-16)12-25-8-7-19-20(15-28-21(19)13-25)22(26)24-11-17-4-3-9-27-14-17/h5-6,10,15,17H,2-4,7-9,11-14H2,1H3,(H,24,26)/t17-/m0/s1. The maximum Gasteiger partial charge on any atom is 0.252 e. The molecule has 1 N–H and O–H groups in total. The van der Waals surface area contributed by atoms with Crippen molar-refractivity contribution in [1.82, 2.24) is 15.2 Å². The maximum absolute atomic E-state index is 12.7. The zero-order valence-corrected chi connectivity index (χ0v) is 17.4. The third kappa shape index (κ3) is 4.62. The van der Waals surface area contributed by atoms with Gasteiger partial charge in [-0.2, -0.15) is 0 Å². The molecule has 0 saturated carbocycles. The predicted molar refractivity (Wildman–Crippen MR) is 112 cm³/mol. The highest BCUT2D eigenvalue weighted by Crippen LogP contribution is 2.29. The fourth-order valence-corrected chi connectivity index (χ4v) is 5.12. The third-order valence-electron chi connectivity index (χ3n) is 5.76. The van der Waals surface area contributed by atoms with Crippen LogP contribution in [0.15, 0.2) is 23.7 Å². The molecule has 4 rings (SSSR count). The molecule has 0 aliphatic carbocycles. The van der Waals surface area contributed by atoms with Gasteiger partial charge in [0, 0.05) is 49.2 Å². The Labute approximate surface area is 171 Å². The van der Waals surface area contributed by atoms with E-state index in [0.717, 1.165) is 76.3 Å². The quantitative estimate of drug-likeness (QED) is 0.809. The van der Waals surface area contributed by atoms with E-state index in [2.05, 4.69) is 34.3 Å². The highest BCUT2D eigenvalue weighted by molar-refractivity contribution is 7.10. The molecule has 6 heteroatoms. The van der Waals surface area contributed by atoms with Crippen molar-refractivity contribution >= 4 is 17.2 Å². The van der Waals surface area contributed by atoms with Crippen molar-refractivity contribution in [3.8, 4) is 0 Å². The first-order chi connectivity index (χ1) is 13.7. The van der Waals surface area contributed by atoms with E-state index in [4.69, 9.17) is 4.74 Å². The summed E-state index contributed by atoms with van der Waals surface area (Å²) in [5, 5.41) is 5.17. The summed E-state index contributed by atoms with van der Waals surface area (Å²) in [7, 11) is 0. The number of carbonyl (C=O) groups excluding carboxylic acids is 1. The van der Waals surface area contributed by atoms with Gasteiger partial charge in [-0.3, -0.25) is 14.7 Å². The van der Waals surface area contributed by atoms with Gasteiger partial charge in [0.2, 0.25) is 0 Å². The van der Waals surface area contributed by atoms with Crippen LogP contribution in [-0.2, 0) is 30.7 Å². The SMILES string of the molecule is CCc1ccc(CN2CCc3c(C(=O)NC[C@@H]4CCCOC4)csc3C2)nc1. The summed E-state index contributed by atoms with van der Waals surface area (Å²) in [5.41, 5.74) is 4.51. The average molecular weight is 400 g/mol. The number of amides is 1. The van der Waals surface area contributed by atoms with Crippen LogP contribution in [0.4, 0.5) is 0 Å². The largest absolute Gasteiger partial charge is 0.381 e. The Hall–Kier alpha value is -1.76. The zero-order chi connectivity index (χ0) is 19.3. The van der Waals surface area contributed by atoms with E-state index in [9.17, 15) is 4.79 Å². The minimum absolute atomic E-state index is 0.0772. The molecule has 1 amide bonds. The first-order valence-corrected chi connectivity index (χ1v) is 11.2. The second kappa shape index (κ2) is 9.16. The lowest BCUT2D eigenvalue weighted by molar-refractivity contribution is 0.0536. The molecule has 2 aromatic heterocycles. The van der Waals surface area contributed by atoms with Gasteiger partial charge in [-0.05, 0) is 48.8 Å². The van der Waals surface area contributed by atoms with E-state index in [1.54, 1.807) is 11.3 Å². The number of ether oxygens (including phenoxy) is 1. The number of pyridine rings is 1. The van der Waals surface area contributed by atoms with Gasteiger partial charge in [0.25, 0.3) is 5.91 Å². The van der Waals surface area contributed by atoms with Gasteiger partial charge >= 0.3 is 0 Å². The molecule has 4 heterocycles. The summed E-state index contributed by atoms with van der Waals surface area (Å²) < 4.78 is 5.51. The minimum atomic E-state index is 0.0772. The highest BCUT2D eigenvalue weighted by Gasteiger charge is 2.24. The van der Waals surface area contributed by atoms with Gasteiger partial charge in [-0.25, -0.2) is 0 Å². The summed E-state index contributed by atoms with van der Waals surface area (Å²) in [6.07, 6.45) is 6.18. The van der Waals surface area contributed by atoms with Gasteiger partial charge in [-0.15, -0.1) is 11.3 Å². The first-order valence-electron chi connectivity index (χ1n) is 10.3. The van der Waals surface area contributed by atoms with Crippen LogP contribution in [0.2, 0.25) is 0 Å². The molecule has 150 valence electrons. The molecule has 2 aromatic rings. The monoisotopic (exact) mass is 399 g/mol. The number of hydrogen-bond donors (Lipinski definition) is 1. The molecule has 5 nitrogen and oxygen atoms in total. The summed E-state index contributed by atoms with van der Waals surface area (Å²) >= 11 is 1.71. The number of rotatable bonds is 6. The van der Waals surface area contributed by atoms with Crippen LogP contribution in [0.3, 0.4) is 0 Å². The molecule has 1 atom stereocenters. The van der Waals surface area contributed by atoms with Crippen LogP contribution in [0.1, 0.15) is 51.8 Å². The van der Waals surface area contributed by atoms with E-state index in [-0.39, 0.29) is 5.91 Å². The zero-order valence-electron chi connectivity index (χ0n) is 16.6. The van der Waals surface area contributed by atoms with E-state index in [1.807, 2.05) is 11.6 Å². The Morgan fingerprint density at radius 1 is 1.43 bits per heavy atom. The lowest BCUT2D eigenvalue weighted by Gasteiger charge is -2.27. The lowest BCUT2D eigenvalue weighted by Crippen LogP contribution is -2.34. The van der Waals surface area contributed by atoms with Crippen molar-refractivity contribution in [1.29, 1.82) is 0 Å². The van der Waals surface area contributed by atoms with Gasteiger partial charge in [0.15, 0.2) is 0 Å². The molecule has 0 bridgehead atoms. The van der Waals surface area contributed by atoms with Crippen molar-refractivity contribution in [3.63, 3.8) is 0 Å². The van der Waals surface area contributed by atoms with Gasteiger partial charge in [0.1, 0.15) is 0 Å². The minimum Gasteiger partial charge on any atom is -0.381 e. The average Bonchev–Trinajstić information content (AvgIpc) is 3.17. The second-order valence-corrected chi connectivity index (χ2v) is 8.78. The number of aromatic nitrogens is 1. The number of fused-ring (bicyclic) bond motifs is 1. The van der Waals surface area contributed by atoms with Crippen molar-refractivity contribution in [2.75, 3.05) is 26.3 Å². The molecule has 2 aliphatic rings. The molecule has 0 radical (unpaired) electrons. The van der Waals surface area contributed by atoms with Crippen molar-refractivity contribution < 1.29 is 9.53 Å². The molecule has 28 heavy (non-hydrogen) atoms. The fourth-order valence-electron chi connectivity index (χ4n) is 3.99. The van der Waals surface area contributed by atoms with Crippen LogP contribution in [0.5, 0.6) is 0 Å². The Morgan fingerprint density at radius 2 is 2.36 bits per heavy atom. The number of nitrogens with one attached hydrogen (secondary N) is 1. The van der Waals surface area contributed by atoms with Crippen LogP contribution < -0.4 is 5.32 Å². The lowest BCUT2D eigenvalue weighted by atomic mass is 10.0. The number of carbonyl (C=O) groups is 1. The normalized spacial score (nSPS) is 20.0. The van der Waals surface area contributed by atoms with E-state index in [0.29, 0.717) is 5.92 Å². The molecular formula is C22H29N3O2S. The van der Waals surface area contributed by atoms with E-state index < -0.39 is 0 Å². The van der Waals surface area contributed by atoms with E-state index in [1.165, 1.54) is 16.0 Å². The first kappa shape index (κ1) is 19.6. The molecule has 1 fully saturated rings. The molecule has 0 spiro atoms. The van der Waals surface area contributed by atoms with Gasteiger partial charge < -0.3 is 10.1 Å². The number of thiophene rings is 1. The van der Waals surface area contributed by atoms with Gasteiger partial charge in [0.05, 0.1) is 17.9 Å². The summed E-state index contributed by atoms with van der Waals surface area (Å²) in [6, 6.07) is 4.30. The molecule has 0 aromatic carbocycles. The Balaban J connectivity index is 1.33. The van der Waals surface area contributed by atoms with Gasteiger partial charge in [-0.1, -0.05) is 13.0 Å². The topological polar surface area (TPSA) is 54.5 Å². The molecule has 2 aliphatic heterocycles. The van der Waals surface area contributed by atoms with Crippen LogP contribution in [-0.4, -0.2) is 42.1 Å². The van der Waals surface area contributed by atoms with Crippen molar-refractivity contribution in [3.05, 3.63) is 51.0 Å². The molecular weight excluding hydrogens is 370 g/mol. The number of aryl methyl sites for hydroxylation is 1. The summed E-state index contributed by atoms with van der Waals surface area (Å²) in [5.74, 6) is 0.530. The highest BCUT2D eigenvalue weighted by atomic mass is 32.1.